The molecule has 0 aliphatic rings. The highest BCUT2D eigenvalue weighted by atomic mass is 79.9. The zero-order valence-electron chi connectivity index (χ0n) is 9.99. The van der Waals surface area contributed by atoms with Gasteiger partial charge in [0.05, 0.1) is 5.56 Å². The lowest BCUT2D eigenvalue weighted by Crippen LogP contribution is -2.25. The summed E-state index contributed by atoms with van der Waals surface area (Å²) in [6.45, 7) is 0.517. The van der Waals surface area contributed by atoms with Crippen molar-refractivity contribution >= 4 is 21.8 Å². The summed E-state index contributed by atoms with van der Waals surface area (Å²) >= 11 is 3.16. The topological polar surface area (TPSA) is 70.7 Å². The number of hydrogen-bond acceptors (Lipinski definition) is 3. The maximum atomic E-state index is 12.9. The van der Waals surface area contributed by atoms with E-state index < -0.39 is 0 Å². The number of aryl methyl sites for hydroxylation is 1. The molecule has 0 fully saturated rings. The van der Waals surface area contributed by atoms with Crippen LogP contribution >= 0.6 is 15.9 Å². The molecule has 100 valence electrons. The molecule has 2 aromatic rings. The average Bonchev–Trinajstić information content (AvgIpc) is 2.87. The third kappa shape index (κ3) is 3.85. The standard InChI is InChI=1S/C12H12BrFN4O/c13-10-6-8(14)3-4-9(10)12(19)15-5-1-2-11-16-7-17-18-11/h3-4,6-7H,1-2,5H2,(H,15,19)(H,16,17,18). The normalized spacial score (nSPS) is 10.4. The third-order valence-electron chi connectivity index (χ3n) is 2.52. The van der Waals surface area contributed by atoms with Gasteiger partial charge in [0.2, 0.25) is 0 Å². The Hall–Kier alpha value is -1.76. The largest absolute Gasteiger partial charge is 0.352 e. The molecule has 19 heavy (non-hydrogen) atoms. The van der Waals surface area contributed by atoms with Gasteiger partial charge in [-0.1, -0.05) is 0 Å². The van der Waals surface area contributed by atoms with Gasteiger partial charge in [0.1, 0.15) is 18.0 Å². The highest BCUT2D eigenvalue weighted by molar-refractivity contribution is 9.10. The lowest BCUT2D eigenvalue weighted by molar-refractivity contribution is 0.0952. The number of carbonyl (C=O) groups excluding carboxylic acids is 1. The van der Waals surface area contributed by atoms with E-state index in [4.69, 9.17) is 0 Å². The fourth-order valence-electron chi connectivity index (χ4n) is 1.58. The van der Waals surface area contributed by atoms with Crippen LogP contribution in [0.25, 0.3) is 0 Å². The molecule has 0 spiro atoms. The first kappa shape index (κ1) is 13.7. The van der Waals surface area contributed by atoms with Crippen LogP contribution in [0.1, 0.15) is 22.6 Å². The zero-order valence-corrected chi connectivity index (χ0v) is 11.6. The quantitative estimate of drug-likeness (QED) is 0.826. The van der Waals surface area contributed by atoms with Gasteiger partial charge in [-0.25, -0.2) is 9.37 Å². The number of benzene rings is 1. The van der Waals surface area contributed by atoms with Crippen molar-refractivity contribution in [3.05, 3.63) is 46.2 Å². The fraction of sp³-hybridized carbons (Fsp3) is 0.250. The molecule has 2 rings (SSSR count). The minimum atomic E-state index is -0.381. The number of amides is 1. The van der Waals surface area contributed by atoms with Crippen molar-refractivity contribution in [3.63, 3.8) is 0 Å². The van der Waals surface area contributed by atoms with Crippen LogP contribution in [0.5, 0.6) is 0 Å². The van der Waals surface area contributed by atoms with E-state index in [0.717, 1.165) is 12.2 Å². The fourth-order valence-corrected chi connectivity index (χ4v) is 2.11. The minimum absolute atomic E-state index is 0.232. The lowest BCUT2D eigenvalue weighted by atomic mass is 10.2. The van der Waals surface area contributed by atoms with Crippen LogP contribution in [-0.4, -0.2) is 27.6 Å². The van der Waals surface area contributed by atoms with Crippen LogP contribution in [0.15, 0.2) is 29.0 Å². The summed E-state index contributed by atoms with van der Waals surface area (Å²) in [4.78, 5) is 15.8. The van der Waals surface area contributed by atoms with Crippen LogP contribution in [0.3, 0.4) is 0 Å². The van der Waals surface area contributed by atoms with Gasteiger partial charge in [-0.05, 0) is 40.5 Å². The molecule has 0 radical (unpaired) electrons. The summed E-state index contributed by atoms with van der Waals surface area (Å²) in [5.74, 6) is 0.176. The van der Waals surface area contributed by atoms with Crippen LogP contribution in [0.4, 0.5) is 4.39 Å². The van der Waals surface area contributed by atoms with E-state index in [2.05, 4.69) is 36.4 Å². The predicted molar refractivity (Wildman–Crippen MR) is 71.1 cm³/mol. The number of nitrogens with one attached hydrogen (secondary N) is 2. The number of halogens is 2. The molecular formula is C12H12BrFN4O. The van der Waals surface area contributed by atoms with Gasteiger partial charge in [-0.15, -0.1) is 0 Å². The van der Waals surface area contributed by atoms with Crippen LogP contribution < -0.4 is 5.32 Å². The molecule has 1 heterocycles. The van der Waals surface area contributed by atoms with E-state index in [-0.39, 0.29) is 11.7 Å². The smallest absolute Gasteiger partial charge is 0.252 e. The predicted octanol–water partition coefficient (Wildman–Crippen LogP) is 2.07. The molecule has 1 aromatic heterocycles. The first-order valence-corrected chi connectivity index (χ1v) is 6.53. The molecule has 0 saturated heterocycles. The van der Waals surface area contributed by atoms with Crippen molar-refractivity contribution in [1.82, 2.24) is 20.5 Å². The van der Waals surface area contributed by atoms with E-state index in [1.165, 1.54) is 24.5 Å². The van der Waals surface area contributed by atoms with E-state index >= 15 is 0 Å². The van der Waals surface area contributed by atoms with Gasteiger partial charge in [0, 0.05) is 17.4 Å². The van der Waals surface area contributed by atoms with Gasteiger partial charge < -0.3 is 5.32 Å². The molecule has 1 amide bonds. The minimum Gasteiger partial charge on any atom is -0.352 e. The van der Waals surface area contributed by atoms with E-state index in [0.29, 0.717) is 23.0 Å². The first-order chi connectivity index (χ1) is 9.16. The molecular weight excluding hydrogens is 315 g/mol. The number of H-pyrrole nitrogens is 1. The summed E-state index contributed by atoms with van der Waals surface area (Å²) in [5.41, 5.74) is 0.418. The van der Waals surface area contributed by atoms with Gasteiger partial charge in [0.25, 0.3) is 5.91 Å². The Morgan fingerprint density at radius 2 is 2.32 bits per heavy atom. The second-order valence-electron chi connectivity index (χ2n) is 3.92. The van der Waals surface area contributed by atoms with Gasteiger partial charge in [0.15, 0.2) is 0 Å². The van der Waals surface area contributed by atoms with E-state index in [1.807, 2.05) is 0 Å². The SMILES string of the molecule is O=C(NCCCc1ncn[nH]1)c1ccc(F)cc1Br. The number of rotatable bonds is 5. The molecule has 5 nitrogen and oxygen atoms in total. The zero-order chi connectivity index (χ0) is 13.7. The third-order valence-corrected chi connectivity index (χ3v) is 3.17. The van der Waals surface area contributed by atoms with Crippen molar-refractivity contribution in [2.24, 2.45) is 0 Å². The molecule has 0 saturated carbocycles. The highest BCUT2D eigenvalue weighted by Crippen LogP contribution is 2.17. The van der Waals surface area contributed by atoms with Gasteiger partial charge in [-0.2, -0.15) is 5.10 Å². The summed E-state index contributed by atoms with van der Waals surface area (Å²) < 4.78 is 13.3. The second kappa shape index (κ2) is 6.42. The van der Waals surface area contributed by atoms with Crippen molar-refractivity contribution in [2.75, 3.05) is 6.54 Å². The van der Waals surface area contributed by atoms with E-state index in [1.54, 1.807) is 0 Å². The molecule has 0 aliphatic carbocycles. The second-order valence-corrected chi connectivity index (χ2v) is 4.77. The Morgan fingerprint density at radius 1 is 1.47 bits per heavy atom. The van der Waals surface area contributed by atoms with Crippen LogP contribution in [-0.2, 0) is 6.42 Å². The van der Waals surface area contributed by atoms with Gasteiger partial charge in [-0.3, -0.25) is 9.89 Å². The highest BCUT2D eigenvalue weighted by Gasteiger charge is 2.10. The Bertz CT molecular complexity index is 559. The molecule has 0 unspecified atom stereocenters. The Kier molecular flexibility index (Phi) is 4.62. The summed E-state index contributed by atoms with van der Waals surface area (Å²) in [7, 11) is 0. The molecule has 0 aliphatic heterocycles. The number of aromatic nitrogens is 3. The first-order valence-electron chi connectivity index (χ1n) is 5.74. The Balaban J connectivity index is 1.81. The molecule has 2 N–H and O–H groups in total. The maximum Gasteiger partial charge on any atom is 0.252 e. The number of aromatic amines is 1. The van der Waals surface area contributed by atoms with Crippen molar-refractivity contribution < 1.29 is 9.18 Å². The molecule has 0 atom stereocenters. The maximum absolute atomic E-state index is 12.9. The Morgan fingerprint density at radius 3 is 3.00 bits per heavy atom. The van der Waals surface area contributed by atoms with Crippen LogP contribution in [0, 0.1) is 5.82 Å². The van der Waals surface area contributed by atoms with Crippen molar-refractivity contribution in [3.8, 4) is 0 Å². The summed E-state index contributed by atoms with van der Waals surface area (Å²) in [6, 6.07) is 3.98. The van der Waals surface area contributed by atoms with Crippen LogP contribution in [0.2, 0.25) is 0 Å². The molecule has 7 heteroatoms. The monoisotopic (exact) mass is 326 g/mol. The van der Waals surface area contributed by atoms with Gasteiger partial charge >= 0.3 is 0 Å². The molecule has 1 aromatic carbocycles. The number of hydrogen-bond donors (Lipinski definition) is 2. The lowest BCUT2D eigenvalue weighted by Gasteiger charge is -2.06. The van der Waals surface area contributed by atoms with Crippen molar-refractivity contribution in [2.45, 2.75) is 12.8 Å². The number of carbonyl (C=O) groups is 1. The summed E-state index contributed by atoms with van der Waals surface area (Å²) in [6.07, 6.45) is 2.91. The average molecular weight is 327 g/mol. The van der Waals surface area contributed by atoms with E-state index in [9.17, 15) is 9.18 Å². The molecule has 0 bridgehead atoms. The Labute approximate surface area is 117 Å². The van der Waals surface area contributed by atoms with Crippen molar-refractivity contribution in [1.29, 1.82) is 0 Å². The number of nitrogens with zero attached hydrogens (tertiary/aromatic N) is 2. The summed E-state index contributed by atoms with van der Waals surface area (Å²) in [5, 5.41) is 9.26.